The summed E-state index contributed by atoms with van der Waals surface area (Å²) in [5.74, 6) is 1.73. The van der Waals surface area contributed by atoms with Crippen LogP contribution in [-0.4, -0.2) is 6.10 Å². The normalized spacial score (nSPS) is 36.8. The van der Waals surface area contributed by atoms with E-state index in [0.717, 1.165) is 17.4 Å². The van der Waals surface area contributed by atoms with E-state index in [4.69, 9.17) is 10.5 Å². The first-order valence-corrected chi connectivity index (χ1v) is 6.96. The van der Waals surface area contributed by atoms with Crippen molar-refractivity contribution in [1.82, 2.24) is 0 Å². The van der Waals surface area contributed by atoms with E-state index in [-0.39, 0.29) is 0 Å². The van der Waals surface area contributed by atoms with Crippen LogP contribution < -0.4 is 10.5 Å². The van der Waals surface area contributed by atoms with Crippen molar-refractivity contribution in [1.29, 1.82) is 0 Å². The average molecular weight is 245 g/mol. The van der Waals surface area contributed by atoms with Crippen LogP contribution in [0.1, 0.15) is 40.0 Å². The number of ether oxygens (including phenoxy) is 1. The van der Waals surface area contributed by atoms with Gasteiger partial charge in [0.05, 0.1) is 0 Å². The fourth-order valence-corrected chi connectivity index (χ4v) is 4.06. The van der Waals surface area contributed by atoms with Gasteiger partial charge in [-0.15, -0.1) is 0 Å². The maximum atomic E-state index is 6.25. The number of nitrogens with two attached hydrogens (primary N) is 1. The largest absolute Gasteiger partial charge is 0.490 e. The van der Waals surface area contributed by atoms with Crippen molar-refractivity contribution in [3.05, 3.63) is 24.3 Å². The lowest BCUT2D eigenvalue weighted by Crippen LogP contribution is -2.38. The van der Waals surface area contributed by atoms with Gasteiger partial charge in [-0.3, -0.25) is 0 Å². The fourth-order valence-electron chi connectivity index (χ4n) is 4.06. The van der Waals surface area contributed by atoms with Crippen molar-refractivity contribution >= 4 is 5.69 Å². The number of hydrogen-bond acceptors (Lipinski definition) is 2. The summed E-state index contributed by atoms with van der Waals surface area (Å²) in [7, 11) is 0. The van der Waals surface area contributed by atoms with Gasteiger partial charge in [0, 0.05) is 17.2 Å². The number of hydrogen-bond donors (Lipinski definition) is 1. The molecular formula is C16H23NO. The van der Waals surface area contributed by atoms with Gasteiger partial charge in [0.25, 0.3) is 0 Å². The van der Waals surface area contributed by atoms with Gasteiger partial charge in [0.15, 0.2) is 0 Å². The molecule has 0 saturated heterocycles. The van der Waals surface area contributed by atoms with Gasteiger partial charge in [-0.25, -0.2) is 0 Å². The van der Waals surface area contributed by atoms with Crippen LogP contribution in [-0.2, 0) is 0 Å². The topological polar surface area (TPSA) is 35.2 Å². The van der Waals surface area contributed by atoms with Gasteiger partial charge in [0.1, 0.15) is 11.9 Å². The summed E-state index contributed by atoms with van der Waals surface area (Å²) >= 11 is 0. The van der Waals surface area contributed by atoms with Crippen LogP contribution in [0, 0.1) is 16.7 Å². The Hall–Kier alpha value is -1.18. The van der Waals surface area contributed by atoms with Gasteiger partial charge in [-0.2, -0.15) is 0 Å². The minimum atomic E-state index is 0.308. The van der Waals surface area contributed by atoms with Gasteiger partial charge in [0.2, 0.25) is 0 Å². The summed E-state index contributed by atoms with van der Waals surface area (Å²) in [5, 5.41) is 0. The molecule has 0 spiro atoms. The van der Waals surface area contributed by atoms with Crippen molar-refractivity contribution in [3.8, 4) is 5.75 Å². The van der Waals surface area contributed by atoms with E-state index in [9.17, 15) is 0 Å². The van der Waals surface area contributed by atoms with Crippen LogP contribution in [0.3, 0.4) is 0 Å². The predicted octanol–water partition coefficient (Wildman–Crippen LogP) is 3.86. The van der Waals surface area contributed by atoms with Crippen LogP contribution in [0.4, 0.5) is 5.69 Å². The minimum Gasteiger partial charge on any atom is -0.490 e. The van der Waals surface area contributed by atoms with Gasteiger partial charge >= 0.3 is 0 Å². The molecule has 2 bridgehead atoms. The van der Waals surface area contributed by atoms with Crippen molar-refractivity contribution in [3.63, 3.8) is 0 Å². The highest BCUT2D eigenvalue weighted by molar-refractivity contribution is 5.43. The molecule has 2 aliphatic rings. The molecule has 2 fully saturated rings. The van der Waals surface area contributed by atoms with E-state index < -0.39 is 0 Å². The molecular weight excluding hydrogens is 222 g/mol. The smallest absolute Gasteiger partial charge is 0.121 e. The Kier molecular flexibility index (Phi) is 2.42. The van der Waals surface area contributed by atoms with E-state index in [2.05, 4.69) is 20.8 Å². The maximum absolute atomic E-state index is 6.25. The summed E-state index contributed by atoms with van der Waals surface area (Å²) in [4.78, 5) is 0. The molecule has 2 aliphatic carbocycles. The average Bonchev–Trinajstić information content (AvgIpc) is 2.62. The predicted molar refractivity (Wildman–Crippen MR) is 74.5 cm³/mol. The molecule has 2 N–H and O–H groups in total. The minimum absolute atomic E-state index is 0.308. The Balaban J connectivity index is 1.84. The zero-order chi connectivity index (χ0) is 13.0. The summed E-state index contributed by atoms with van der Waals surface area (Å²) in [6.45, 7) is 7.22. The molecule has 0 heterocycles. The lowest BCUT2D eigenvalue weighted by molar-refractivity contribution is 0.0302. The molecule has 2 heteroatoms. The molecule has 1 aromatic rings. The van der Waals surface area contributed by atoms with E-state index >= 15 is 0 Å². The highest BCUT2D eigenvalue weighted by atomic mass is 16.5. The molecule has 2 saturated carbocycles. The summed E-state index contributed by atoms with van der Waals surface area (Å²) in [5.41, 5.74) is 7.30. The second-order valence-electron chi connectivity index (χ2n) is 6.79. The molecule has 1 aromatic carbocycles. The van der Waals surface area contributed by atoms with Gasteiger partial charge < -0.3 is 10.5 Å². The number of anilines is 1. The molecule has 0 amide bonds. The molecule has 2 nitrogen and oxygen atoms in total. The molecule has 3 unspecified atom stereocenters. The van der Waals surface area contributed by atoms with Crippen LogP contribution in [0.15, 0.2) is 24.3 Å². The van der Waals surface area contributed by atoms with E-state index in [1.807, 2.05) is 24.3 Å². The standard InChI is InChI=1S/C16H23NO/c1-15(2)11-7-8-16(15,3)14(9-11)18-13-6-4-5-12(17)10-13/h4-6,10-11,14H,7-9,17H2,1-3H3. The first-order chi connectivity index (χ1) is 8.43. The van der Waals surface area contributed by atoms with Crippen LogP contribution in [0.25, 0.3) is 0 Å². The number of benzene rings is 1. The molecule has 0 aliphatic heterocycles. The van der Waals surface area contributed by atoms with Gasteiger partial charge in [-0.05, 0) is 42.7 Å². The lowest BCUT2D eigenvalue weighted by Gasteiger charge is -2.38. The Morgan fingerprint density at radius 3 is 2.61 bits per heavy atom. The Bertz CT molecular complexity index is 468. The third-order valence-corrected chi connectivity index (χ3v) is 5.85. The first kappa shape index (κ1) is 11.9. The second kappa shape index (κ2) is 3.66. The molecule has 0 radical (unpaired) electrons. The van der Waals surface area contributed by atoms with Crippen molar-refractivity contribution in [2.75, 3.05) is 5.73 Å². The zero-order valence-electron chi connectivity index (χ0n) is 11.6. The Labute approximate surface area is 110 Å². The third kappa shape index (κ3) is 1.47. The summed E-state index contributed by atoms with van der Waals surface area (Å²) in [6, 6.07) is 7.81. The van der Waals surface area contributed by atoms with Crippen LogP contribution in [0.5, 0.6) is 5.75 Å². The van der Waals surface area contributed by atoms with Crippen molar-refractivity contribution in [2.24, 2.45) is 16.7 Å². The van der Waals surface area contributed by atoms with E-state index in [1.165, 1.54) is 19.3 Å². The van der Waals surface area contributed by atoms with Crippen molar-refractivity contribution in [2.45, 2.75) is 46.1 Å². The first-order valence-electron chi connectivity index (χ1n) is 6.96. The van der Waals surface area contributed by atoms with Crippen LogP contribution >= 0.6 is 0 Å². The Morgan fingerprint density at radius 1 is 1.28 bits per heavy atom. The van der Waals surface area contributed by atoms with E-state index in [1.54, 1.807) is 0 Å². The number of rotatable bonds is 2. The van der Waals surface area contributed by atoms with Gasteiger partial charge in [-0.1, -0.05) is 26.8 Å². The molecule has 98 valence electrons. The highest BCUT2D eigenvalue weighted by Gasteiger charge is 2.62. The summed E-state index contributed by atoms with van der Waals surface area (Å²) < 4.78 is 6.25. The van der Waals surface area contributed by atoms with Crippen LogP contribution in [0.2, 0.25) is 0 Å². The monoisotopic (exact) mass is 245 g/mol. The molecule has 0 aromatic heterocycles. The maximum Gasteiger partial charge on any atom is 0.121 e. The zero-order valence-corrected chi connectivity index (χ0v) is 11.6. The molecule has 3 rings (SSSR count). The van der Waals surface area contributed by atoms with Crippen molar-refractivity contribution < 1.29 is 4.74 Å². The molecule has 3 atom stereocenters. The fraction of sp³-hybridized carbons (Fsp3) is 0.625. The second-order valence-corrected chi connectivity index (χ2v) is 6.79. The Morgan fingerprint density at radius 2 is 2.06 bits per heavy atom. The highest BCUT2D eigenvalue weighted by Crippen LogP contribution is 2.66. The summed E-state index contributed by atoms with van der Waals surface area (Å²) in [6.07, 6.45) is 4.18. The lowest BCUT2D eigenvalue weighted by atomic mass is 9.70. The van der Waals surface area contributed by atoms with E-state index in [0.29, 0.717) is 16.9 Å². The SMILES string of the molecule is CC1(C)C2CCC1(C)C(Oc1cccc(N)c1)C2. The quantitative estimate of drug-likeness (QED) is 0.803. The third-order valence-electron chi connectivity index (χ3n) is 5.85. The number of nitrogen functional groups attached to an aromatic ring is 1. The number of fused-ring (bicyclic) bond motifs is 2. The molecule has 18 heavy (non-hydrogen) atoms.